The minimum atomic E-state index is -0.642. The Morgan fingerprint density at radius 1 is 1.15 bits per heavy atom. The summed E-state index contributed by atoms with van der Waals surface area (Å²) in [6.07, 6.45) is 1.21. The van der Waals surface area contributed by atoms with Crippen molar-refractivity contribution in [3.63, 3.8) is 0 Å². The zero-order valence-corrected chi connectivity index (χ0v) is 24.6. The maximum Gasteiger partial charge on any atom is 0.240 e. The van der Waals surface area contributed by atoms with E-state index >= 15 is 0 Å². The highest BCUT2D eigenvalue weighted by molar-refractivity contribution is 5.94. The van der Waals surface area contributed by atoms with E-state index in [4.69, 9.17) is 4.98 Å². The number of aromatic hydroxyl groups is 1. The minimum absolute atomic E-state index is 0.129. The first kappa shape index (κ1) is 28.8. The molecule has 0 radical (unpaired) electrons. The number of imidazole rings is 1. The fraction of sp³-hybridized carbons (Fsp3) is 0.452. The van der Waals surface area contributed by atoms with Crippen LogP contribution < -0.4 is 0 Å². The fourth-order valence-corrected chi connectivity index (χ4v) is 5.79. The Morgan fingerprint density at radius 2 is 1.93 bits per heavy atom. The lowest BCUT2D eigenvalue weighted by Crippen LogP contribution is -2.51. The van der Waals surface area contributed by atoms with Gasteiger partial charge in [-0.2, -0.15) is 5.10 Å². The van der Waals surface area contributed by atoms with Gasteiger partial charge in [0.1, 0.15) is 5.69 Å². The van der Waals surface area contributed by atoms with Crippen molar-refractivity contribution in [2.45, 2.75) is 53.1 Å². The van der Waals surface area contributed by atoms with Gasteiger partial charge in [-0.05, 0) is 67.0 Å². The molecule has 1 amide bonds. The number of phenols is 1. The molecule has 3 N–H and O–H groups in total. The number of nitrogens with one attached hydrogen (secondary N) is 2. The van der Waals surface area contributed by atoms with Crippen LogP contribution in [-0.4, -0.2) is 91.7 Å². The number of halogens is 1. The predicted molar refractivity (Wildman–Crippen MR) is 159 cm³/mol. The molecule has 4 aromatic rings. The molecule has 0 spiro atoms. The van der Waals surface area contributed by atoms with Gasteiger partial charge in [-0.15, -0.1) is 0 Å². The van der Waals surface area contributed by atoms with Gasteiger partial charge >= 0.3 is 0 Å². The molecule has 3 heterocycles. The quantitative estimate of drug-likeness (QED) is 0.262. The molecule has 0 saturated carbocycles. The van der Waals surface area contributed by atoms with Gasteiger partial charge in [0.15, 0.2) is 17.4 Å². The monoisotopic (exact) mass is 561 g/mol. The standard InChI is InChI=1S/C31H40FN7O2/c1-6-19-15-28(40)23(32)16-22(19)20-10-11-21-24(14-20)35-36-29(21)30-33-25-17-27(39(9-4)18-26(25)34-30)31(41)37(5)12-13-38(7-2)8-3/h10-11,14-16,27,40H,6-9,12-13,17-18H2,1-5H3,(H,33,34)(H,35,36). The Labute approximate surface area is 240 Å². The molecular formula is C31H40FN7O2. The lowest BCUT2D eigenvalue weighted by atomic mass is 9.96. The van der Waals surface area contributed by atoms with Gasteiger partial charge in [-0.3, -0.25) is 14.8 Å². The maximum absolute atomic E-state index is 14.2. The molecule has 10 heteroatoms. The van der Waals surface area contributed by atoms with Crippen LogP contribution in [-0.2, 0) is 24.2 Å². The van der Waals surface area contributed by atoms with Crippen molar-refractivity contribution in [1.82, 2.24) is 34.9 Å². The van der Waals surface area contributed by atoms with Crippen LogP contribution in [0.3, 0.4) is 0 Å². The normalized spacial score (nSPS) is 15.5. The second-order valence-electron chi connectivity index (χ2n) is 10.7. The molecule has 0 fully saturated rings. The van der Waals surface area contributed by atoms with Gasteiger partial charge in [-0.25, -0.2) is 9.37 Å². The molecule has 1 aliphatic rings. The molecule has 0 bridgehead atoms. The summed E-state index contributed by atoms with van der Waals surface area (Å²) in [5.41, 5.74) is 5.87. The number of benzene rings is 2. The number of likely N-dealkylation sites (N-methyl/N-ethyl adjacent to an activating group) is 3. The highest BCUT2D eigenvalue weighted by Gasteiger charge is 2.35. The number of H-pyrrole nitrogens is 2. The van der Waals surface area contributed by atoms with Gasteiger partial charge in [0, 0.05) is 38.5 Å². The number of aryl methyl sites for hydroxylation is 1. The lowest BCUT2D eigenvalue weighted by molar-refractivity contribution is -0.136. The first-order chi connectivity index (χ1) is 19.8. The van der Waals surface area contributed by atoms with Crippen LogP contribution in [0.5, 0.6) is 5.75 Å². The van der Waals surface area contributed by atoms with Gasteiger partial charge < -0.3 is 19.9 Å². The summed E-state index contributed by atoms with van der Waals surface area (Å²) in [5, 5.41) is 18.4. The molecule has 2 aromatic heterocycles. The number of hydrogen-bond acceptors (Lipinski definition) is 6. The first-order valence-corrected chi connectivity index (χ1v) is 14.6. The Hall–Kier alpha value is -3.76. The lowest BCUT2D eigenvalue weighted by Gasteiger charge is -2.35. The molecule has 1 aliphatic heterocycles. The number of carbonyl (C=O) groups is 1. The van der Waals surface area contributed by atoms with E-state index < -0.39 is 5.82 Å². The van der Waals surface area contributed by atoms with Gasteiger partial charge in [0.25, 0.3) is 0 Å². The average Bonchev–Trinajstić information content (AvgIpc) is 3.60. The van der Waals surface area contributed by atoms with Crippen LogP contribution in [0.2, 0.25) is 0 Å². The minimum Gasteiger partial charge on any atom is -0.505 e. The number of nitrogens with zero attached hydrogens (tertiary/aromatic N) is 5. The number of phenolic OH excluding ortho intramolecular Hbond substituents is 1. The number of aromatic amines is 2. The Bertz CT molecular complexity index is 1540. The van der Waals surface area contributed by atoms with Crippen molar-refractivity contribution >= 4 is 16.8 Å². The molecule has 218 valence electrons. The molecule has 1 atom stereocenters. The third-order valence-electron chi connectivity index (χ3n) is 8.42. The number of rotatable bonds is 10. The number of fused-ring (bicyclic) bond motifs is 2. The van der Waals surface area contributed by atoms with Crippen molar-refractivity contribution in [2.24, 2.45) is 0 Å². The van der Waals surface area contributed by atoms with Gasteiger partial charge in [-0.1, -0.05) is 33.8 Å². The number of hydrogen-bond donors (Lipinski definition) is 3. The second kappa shape index (κ2) is 12.0. The maximum atomic E-state index is 14.2. The average molecular weight is 562 g/mol. The second-order valence-corrected chi connectivity index (χ2v) is 10.7. The highest BCUT2D eigenvalue weighted by Crippen LogP contribution is 2.34. The van der Waals surface area contributed by atoms with E-state index in [0.717, 1.165) is 65.2 Å². The van der Waals surface area contributed by atoms with Crippen LogP contribution in [0.25, 0.3) is 33.5 Å². The van der Waals surface area contributed by atoms with Crippen molar-refractivity contribution in [2.75, 3.05) is 39.8 Å². The summed E-state index contributed by atoms with van der Waals surface area (Å²) < 4.78 is 14.2. The molecular weight excluding hydrogens is 521 g/mol. The third-order valence-corrected chi connectivity index (χ3v) is 8.42. The molecule has 1 unspecified atom stereocenters. The van der Waals surface area contributed by atoms with Crippen molar-refractivity contribution in [3.8, 4) is 28.4 Å². The van der Waals surface area contributed by atoms with Crippen LogP contribution in [0.15, 0.2) is 30.3 Å². The molecule has 0 aliphatic carbocycles. The summed E-state index contributed by atoms with van der Waals surface area (Å²) in [7, 11) is 1.89. The predicted octanol–water partition coefficient (Wildman–Crippen LogP) is 4.57. The SMILES string of the molecule is CCc1cc(O)c(F)cc1-c1ccc2c(-c3nc4c([nH]3)CN(CC)C(C(=O)N(C)CCN(CC)CC)C4)n[nH]c2c1. The van der Waals surface area contributed by atoms with Crippen LogP contribution in [0.4, 0.5) is 4.39 Å². The van der Waals surface area contributed by atoms with Crippen molar-refractivity contribution < 1.29 is 14.3 Å². The number of carbonyl (C=O) groups excluding carboxylic acids is 1. The summed E-state index contributed by atoms with van der Waals surface area (Å²) in [6, 6.07) is 8.47. The Morgan fingerprint density at radius 3 is 2.63 bits per heavy atom. The zero-order chi connectivity index (χ0) is 29.3. The van der Waals surface area contributed by atoms with E-state index in [-0.39, 0.29) is 17.7 Å². The molecule has 41 heavy (non-hydrogen) atoms. The van der Waals surface area contributed by atoms with Crippen LogP contribution >= 0.6 is 0 Å². The van der Waals surface area contributed by atoms with Crippen LogP contribution in [0.1, 0.15) is 44.6 Å². The molecule has 2 aromatic carbocycles. The Kier molecular flexibility index (Phi) is 8.42. The molecule has 5 rings (SSSR count). The fourth-order valence-electron chi connectivity index (χ4n) is 5.79. The third kappa shape index (κ3) is 5.58. The Balaban J connectivity index is 1.39. The van der Waals surface area contributed by atoms with E-state index in [2.05, 4.69) is 45.8 Å². The molecule has 0 saturated heterocycles. The number of aromatic nitrogens is 4. The largest absolute Gasteiger partial charge is 0.505 e. The molecule has 9 nitrogen and oxygen atoms in total. The van der Waals surface area contributed by atoms with Gasteiger partial charge in [0.2, 0.25) is 5.91 Å². The van der Waals surface area contributed by atoms with E-state index in [0.29, 0.717) is 37.4 Å². The van der Waals surface area contributed by atoms with Gasteiger partial charge in [0.05, 0.1) is 22.9 Å². The van der Waals surface area contributed by atoms with E-state index in [1.807, 2.05) is 37.1 Å². The summed E-state index contributed by atoms with van der Waals surface area (Å²) >= 11 is 0. The smallest absolute Gasteiger partial charge is 0.240 e. The summed E-state index contributed by atoms with van der Waals surface area (Å²) in [5.74, 6) is -0.187. The highest BCUT2D eigenvalue weighted by atomic mass is 19.1. The zero-order valence-electron chi connectivity index (χ0n) is 24.6. The van der Waals surface area contributed by atoms with E-state index in [9.17, 15) is 14.3 Å². The topological polar surface area (TPSA) is 104 Å². The van der Waals surface area contributed by atoms with Crippen molar-refractivity contribution in [1.29, 1.82) is 0 Å². The summed E-state index contributed by atoms with van der Waals surface area (Å²) in [6.45, 7) is 13.2. The van der Waals surface area contributed by atoms with Crippen LogP contribution in [0, 0.1) is 5.82 Å². The van der Waals surface area contributed by atoms with E-state index in [1.165, 1.54) is 12.1 Å². The number of amides is 1. The van der Waals surface area contributed by atoms with Crippen molar-refractivity contribution in [3.05, 3.63) is 53.1 Å². The summed E-state index contributed by atoms with van der Waals surface area (Å²) in [4.78, 5) is 28.3. The van der Waals surface area contributed by atoms with E-state index in [1.54, 1.807) is 0 Å². The first-order valence-electron chi connectivity index (χ1n) is 14.6.